The number of benzene rings is 1. The predicted molar refractivity (Wildman–Crippen MR) is 90.2 cm³/mol. The Morgan fingerprint density at radius 1 is 1.42 bits per heavy atom. The first-order valence-electron chi connectivity index (χ1n) is 8.88. The topological polar surface area (TPSA) is 79.0 Å². The average Bonchev–Trinajstić information content (AvgIpc) is 2.91. The Balaban J connectivity index is 1.78. The van der Waals surface area contributed by atoms with Gasteiger partial charge in [-0.05, 0) is 43.9 Å². The number of phenols is 1. The fourth-order valence-electron chi connectivity index (χ4n) is 6.05. The van der Waals surface area contributed by atoms with Crippen molar-refractivity contribution in [3.05, 3.63) is 35.9 Å². The van der Waals surface area contributed by atoms with Crippen LogP contribution in [0.4, 0.5) is 0 Å². The molecule has 5 rings (SSSR count). The maximum atomic E-state index is 11.9. The van der Waals surface area contributed by atoms with Gasteiger partial charge in [-0.3, -0.25) is 4.90 Å². The molecule has 5 nitrogen and oxygen atoms in total. The highest BCUT2D eigenvalue weighted by Gasteiger charge is 2.72. The summed E-state index contributed by atoms with van der Waals surface area (Å²) in [4.78, 5) is 2.35. The minimum Gasteiger partial charge on any atom is -0.504 e. The minimum absolute atomic E-state index is 0.0471. The van der Waals surface area contributed by atoms with Crippen LogP contribution >= 0.6 is 0 Å². The summed E-state index contributed by atoms with van der Waals surface area (Å²) in [5.41, 5.74) is 7.28. The Kier molecular flexibility index (Phi) is 2.79. The lowest BCUT2D eigenvalue weighted by atomic mass is 9.48. The van der Waals surface area contributed by atoms with Gasteiger partial charge in [0.2, 0.25) is 0 Å². The van der Waals surface area contributed by atoms with Gasteiger partial charge in [-0.15, -0.1) is 6.58 Å². The molecule has 0 amide bonds. The Hall–Kier alpha value is -1.56. The summed E-state index contributed by atoms with van der Waals surface area (Å²) in [5.74, 6) is 0.725. The van der Waals surface area contributed by atoms with Crippen LogP contribution in [-0.4, -0.2) is 52.0 Å². The van der Waals surface area contributed by atoms with E-state index in [0.29, 0.717) is 12.2 Å². The second-order valence-electron chi connectivity index (χ2n) is 7.84. The van der Waals surface area contributed by atoms with Gasteiger partial charge in [0, 0.05) is 24.2 Å². The van der Waals surface area contributed by atoms with Crippen molar-refractivity contribution in [3.8, 4) is 11.5 Å². The molecule has 0 radical (unpaired) electrons. The Morgan fingerprint density at radius 3 is 3.04 bits per heavy atom. The third kappa shape index (κ3) is 1.43. The Morgan fingerprint density at radius 2 is 2.25 bits per heavy atom. The van der Waals surface area contributed by atoms with E-state index in [1.807, 2.05) is 12.1 Å². The van der Waals surface area contributed by atoms with Crippen LogP contribution in [0, 0.1) is 0 Å². The quantitative estimate of drug-likeness (QED) is 0.708. The van der Waals surface area contributed by atoms with Gasteiger partial charge in [0.15, 0.2) is 11.5 Å². The molecule has 2 aliphatic heterocycles. The molecular weight excluding hydrogens is 304 g/mol. The molecule has 128 valence electrons. The van der Waals surface area contributed by atoms with Gasteiger partial charge >= 0.3 is 0 Å². The lowest BCUT2D eigenvalue weighted by Crippen LogP contribution is -2.77. The monoisotopic (exact) mass is 328 g/mol. The highest BCUT2D eigenvalue weighted by atomic mass is 16.5. The summed E-state index contributed by atoms with van der Waals surface area (Å²) < 4.78 is 6.21. The fourth-order valence-corrected chi connectivity index (χ4v) is 6.05. The summed E-state index contributed by atoms with van der Waals surface area (Å²) in [6.07, 6.45) is 4.66. The molecular formula is C19H24N2O3. The van der Waals surface area contributed by atoms with Crippen LogP contribution in [-0.2, 0) is 11.8 Å². The number of piperidine rings is 1. The SMILES string of the molecule is C=CCN1CC[C@]23c4c5ccc(O)c4O[C@H]2[C@@H](N)CC[C@@]3(O)[C@H]1C5. The number of hydrogen-bond donors (Lipinski definition) is 3. The second-order valence-corrected chi connectivity index (χ2v) is 7.84. The van der Waals surface area contributed by atoms with Crippen molar-refractivity contribution in [3.63, 3.8) is 0 Å². The van der Waals surface area contributed by atoms with E-state index in [4.69, 9.17) is 10.5 Å². The van der Waals surface area contributed by atoms with Crippen LogP contribution in [0.15, 0.2) is 24.8 Å². The number of nitrogens with zero attached hydrogens (tertiary/aromatic N) is 1. The molecule has 24 heavy (non-hydrogen) atoms. The third-order valence-electron chi connectivity index (χ3n) is 6.98. The molecule has 1 aromatic carbocycles. The number of aliphatic hydroxyl groups is 1. The summed E-state index contributed by atoms with van der Waals surface area (Å²) >= 11 is 0. The lowest BCUT2D eigenvalue weighted by Gasteiger charge is -2.63. The van der Waals surface area contributed by atoms with E-state index in [-0.39, 0.29) is 23.9 Å². The van der Waals surface area contributed by atoms with Crippen molar-refractivity contribution in [2.75, 3.05) is 13.1 Å². The van der Waals surface area contributed by atoms with E-state index < -0.39 is 11.0 Å². The number of aromatic hydroxyl groups is 1. The maximum absolute atomic E-state index is 11.9. The summed E-state index contributed by atoms with van der Waals surface area (Å²) in [6.45, 7) is 5.55. The molecule has 1 saturated carbocycles. The molecule has 0 aromatic heterocycles. The van der Waals surface area contributed by atoms with Gasteiger partial charge in [0.1, 0.15) is 6.10 Å². The summed E-state index contributed by atoms with van der Waals surface area (Å²) in [6, 6.07) is 3.64. The van der Waals surface area contributed by atoms with Gasteiger partial charge in [-0.2, -0.15) is 0 Å². The van der Waals surface area contributed by atoms with Crippen molar-refractivity contribution < 1.29 is 14.9 Å². The van der Waals surface area contributed by atoms with Gasteiger partial charge in [0.25, 0.3) is 0 Å². The molecule has 4 aliphatic rings. The standard InChI is InChI=1S/C19H24N2O3/c1-2-8-21-9-7-18-15-11-3-4-13(22)16(15)24-17(18)12(20)5-6-19(18,23)14(21)10-11/h2-4,12,14,17,22-23H,1,5-10,20H2/t12-,14+,17-,18-,19+/m0/s1. The van der Waals surface area contributed by atoms with E-state index in [1.165, 1.54) is 5.56 Å². The van der Waals surface area contributed by atoms with Crippen LogP contribution < -0.4 is 10.5 Å². The van der Waals surface area contributed by atoms with Crippen LogP contribution in [0.2, 0.25) is 0 Å². The largest absolute Gasteiger partial charge is 0.504 e. The van der Waals surface area contributed by atoms with Crippen LogP contribution in [0.25, 0.3) is 0 Å². The van der Waals surface area contributed by atoms with Gasteiger partial charge in [0.05, 0.1) is 11.0 Å². The molecule has 1 spiro atoms. The summed E-state index contributed by atoms with van der Waals surface area (Å²) in [7, 11) is 0. The zero-order valence-corrected chi connectivity index (χ0v) is 13.7. The maximum Gasteiger partial charge on any atom is 0.165 e. The first-order chi connectivity index (χ1) is 11.5. The zero-order chi connectivity index (χ0) is 16.7. The molecule has 2 fully saturated rings. The molecule has 1 aromatic rings. The smallest absolute Gasteiger partial charge is 0.165 e. The number of ether oxygens (including phenoxy) is 1. The zero-order valence-electron chi connectivity index (χ0n) is 13.7. The number of rotatable bonds is 2. The van der Waals surface area contributed by atoms with E-state index >= 15 is 0 Å². The van der Waals surface area contributed by atoms with Crippen LogP contribution in [0.3, 0.4) is 0 Å². The van der Waals surface area contributed by atoms with Crippen molar-refractivity contribution in [2.45, 2.75) is 54.9 Å². The number of hydrogen-bond acceptors (Lipinski definition) is 5. The number of nitrogens with two attached hydrogens (primary N) is 1. The second kappa shape index (κ2) is 4.54. The fraction of sp³-hybridized carbons (Fsp3) is 0.579. The highest BCUT2D eigenvalue weighted by molar-refractivity contribution is 5.62. The molecule has 5 atom stereocenters. The molecule has 2 bridgehead atoms. The molecule has 4 N–H and O–H groups in total. The molecule has 2 heterocycles. The molecule has 0 unspecified atom stereocenters. The van der Waals surface area contributed by atoms with E-state index in [0.717, 1.165) is 37.9 Å². The number of phenolic OH excluding ortho intramolecular Hbond substituents is 1. The van der Waals surface area contributed by atoms with Gasteiger partial charge in [-0.1, -0.05) is 12.1 Å². The van der Waals surface area contributed by atoms with Gasteiger partial charge in [-0.25, -0.2) is 0 Å². The van der Waals surface area contributed by atoms with Gasteiger partial charge < -0.3 is 20.7 Å². The predicted octanol–water partition coefficient (Wildman–Crippen LogP) is 1.06. The van der Waals surface area contributed by atoms with Crippen molar-refractivity contribution in [2.24, 2.45) is 5.73 Å². The molecule has 2 aliphatic carbocycles. The van der Waals surface area contributed by atoms with E-state index in [9.17, 15) is 10.2 Å². The van der Waals surface area contributed by atoms with Crippen molar-refractivity contribution >= 4 is 0 Å². The van der Waals surface area contributed by atoms with E-state index in [2.05, 4.69) is 11.5 Å². The highest BCUT2D eigenvalue weighted by Crippen LogP contribution is 2.65. The van der Waals surface area contributed by atoms with Crippen LogP contribution in [0.1, 0.15) is 30.4 Å². The van der Waals surface area contributed by atoms with Crippen LogP contribution in [0.5, 0.6) is 11.5 Å². The number of likely N-dealkylation sites (tertiary alicyclic amines) is 1. The average molecular weight is 328 g/mol. The minimum atomic E-state index is -0.860. The lowest BCUT2D eigenvalue weighted by molar-refractivity contribution is -0.186. The van der Waals surface area contributed by atoms with Crippen molar-refractivity contribution in [1.82, 2.24) is 4.90 Å². The Labute approximate surface area is 141 Å². The first kappa shape index (κ1) is 14.8. The normalized spacial score (nSPS) is 42.3. The van der Waals surface area contributed by atoms with Crippen molar-refractivity contribution in [1.29, 1.82) is 0 Å². The van der Waals surface area contributed by atoms with E-state index in [1.54, 1.807) is 6.07 Å². The summed E-state index contributed by atoms with van der Waals surface area (Å²) in [5, 5.41) is 22.3. The molecule has 5 heteroatoms. The Bertz CT molecular complexity index is 736. The molecule has 1 saturated heterocycles. The first-order valence-corrected chi connectivity index (χ1v) is 8.88. The third-order valence-corrected chi connectivity index (χ3v) is 6.98.